The third-order valence-corrected chi connectivity index (χ3v) is 2.25. The molecule has 5 nitrogen and oxygen atoms in total. The Morgan fingerprint density at radius 3 is 2.44 bits per heavy atom. The Morgan fingerprint density at radius 1 is 1.33 bits per heavy atom. The molecule has 0 aromatic heterocycles. The van der Waals surface area contributed by atoms with Gasteiger partial charge in [0.2, 0.25) is 5.91 Å². The van der Waals surface area contributed by atoms with Crippen molar-refractivity contribution in [1.29, 1.82) is 0 Å². The maximum absolute atomic E-state index is 12.0. The molecule has 0 heterocycles. The van der Waals surface area contributed by atoms with Gasteiger partial charge in [0.05, 0.1) is 0 Å². The summed E-state index contributed by atoms with van der Waals surface area (Å²) in [5.74, 6) is -0.317. The second kappa shape index (κ2) is 6.44. The molecule has 1 aromatic rings. The minimum Gasteiger partial charge on any atom is -0.352 e. The molecule has 0 fully saturated rings. The minimum atomic E-state index is -0.789. The fraction of sp³-hybridized carbons (Fsp3) is 0.231. The van der Waals surface area contributed by atoms with Crippen molar-refractivity contribution in [2.45, 2.75) is 13.0 Å². The van der Waals surface area contributed by atoms with Crippen LogP contribution in [0.25, 0.3) is 0 Å². The van der Waals surface area contributed by atoms with Gasteiger partial charge in [-0.15, -0.1) is 0 Å². The van der Waals surface area contributed by atoms with Crippen molar-refractivity contribution in [2.24, 2.45) is 5.73 Å². The number of urea groups is 1. The maximum atomic E-state index is 12.0. The highest BCUT2D eigenvalue weighted by atomic mass is 16.2. The van der Waals surface area contributed by atoms with Crippen molar-refractivity contribution in [2.75, 3.05) is 6.54 Å². The van der Waals surface area contributed by atoms with E-state index in [9.17, 15) is 9.59 Å². The van der Waals surface area contributed by atoms with Gasteiger partial charge in [0, 0.05) is 6.54 Å². The Morgan fingerprint density at radius 2 is 1.94 bits per heavy atom. The zero-order chi connectivity index (χ0) is 13.5. The predicted octanol–water partition coefficient (Wildman–Crippen LogP) is 1.09. The fourth-order valence-electron chi connectivity index (χ4n) is 1.43. The second-order valence-electron chi connectivity index (χ2n) is 4.03. The van der Waals surface area contributed by atoms with Gasteiger partial charge < -0.3 is 16.4 Å². The summed E-state index contributed by atoms with van der Waals surface area (Å²) in [5, 5.41) is 5.09. The highest BCUT2D eigenvalue weighted by molar-refractivity contribution is 5.87. The van der Waals surface area contributed by atoms with Crippen LogP contribution in [0.5, 0.6) is 0 Å². The van der Waals surface area contributed by atoms with E-state index in [1.807, 2.05) is 6.07 Å². The first-order valence-corrected chi connectivity index (χ1v) is 5.53. The standard InChI is InChI=1S/C13H17N3O2/c1-9(2)8-15-12(17)11(16-13(14)18)10-6-4-3-5-7-10/h3-7,11H,1,8H2,2H3,(H,15,17)(H3,14,16,18). The third-order valence-electron chi connectivity index (χ3n) is 2.25. The molecule has 0 saturated carbocycles. The van der Waals surface area contributed by atoms with E-state index in [1.165, 1.54) is 0 Å². The smallest absolute Gasteiger partial charge is 0.313 e. The molecule has 0 spiro atoms. The van der Waals surface area contributed by atoms with Crippen LogP contribution < -0.4 is 16.4 Å². The number of primary amides is 1. The van der Waals surface area contributed by atoms with E-state index < -0.39 is 12.1 Å². The lowest BCUT2D eigenvalue weighted by Gasteiger charge is -2.17. The Balaban J connectivity index is 2.81. The molecule has 0 bridgehead atoms. The first kappa shape index (κ1) is 13.8. The summed E-state index contributed by atoms with van der Waals surface area (Å²) in [5.41, 5.74) is 6.58. The fourth-order valence-corrected chi connectivity index (χ4v) is 1.43. The zero-order valence-electron chi connectivity index (χ0n) is 10.3. The Hall–Kier alpha value is -2.30. The quantitative estimate of drug-likeness (QED) is 0.680. The molecule has 0 aliphatic heterocycles. The van der Waals surface area contributed by atoms with Gasteiger partial charge in [0.15, 0.2) is 0 Å². The lowest BCUT2D eigenvalue weighted by atomic mass is 10.1. The summed E-state index contributed by atoms with van der Waals surface area (Å²) in [7, 11) is 0. The summed E-state index contributed by atoms with van der Waals surface area (Å²) in [6.45, 7) is 5.86. The van der Waals surface area contributed by atoms with Crippen LogP contribution in [0.15, 0.2) is 42.5 Å². The average Bonchev–Trinajstić information content (AvgIpc) is 2.34. The molecule has 4 N–H and O–H groups in total. The van der Waals surface area contributed by atoms with E-state index >= 15 is 0 Å². The van der Waals surface area contributed by atoms with Crippen LogP contribution in [-0.2, 0) is 4.79 Å². The Kier molecular flexibility index (Phi) is 4.92. The summed E-state index contributed by atoms with van der Waals surface area (Å²) in [6, 6.07) is 7.38. The monoisotopic (exact) mass is 247 g/mol. The highest BCUT2D eigenvalue weighted by Gasteiger charge is 2.21. The van der Waals surface area contributed by atoms with Crippen LogP contribution in [0.1, 0.15) is 18.5 Å². The number of hydrogen-bond donors (Lipinski definition) is 3. The molecule has 5 heteroatoms. The van der Waals surface area contributed by atoms with Crippen LogP contribution in [0.4, 0.5) is 4.79 Å². The average molecular weight is 247 g/mol. The van der Waals surface area contributed by atoms with Crippen molar-refractivity contribution in [3.63, 3.8) is 0 Å². The number of nitrogens with one attached hydrogen (secondary N) is 2. The van der Waals surface area contributed by atoms with Gasteiger partial charge >= 0.3 is 6.03 Å². The Bertz CT molecular complexity index is 443. The van der Waals surface area contributed by atoms with Crippen LogP contribution >= 0.6 is 0 Å². The van der Waals surface area contributed by atoms with Gasteiger partial charge in [-0.1, -0.05) is 42.5 Å². The van der Waals surface area contributed by atoms with E-state index in [0.717, 1.165) is 5.57 Å². The maximum Gasteiger partial charge on any atom is 0.313 e. The molecule has 0 aliphatic rings. The summed E-state index contributed by atoms with van der Waals surface area (Å²) >= 11 is 0. The van der Waals surface area contributed by atoms with Crippen molar-refractivity contribution in [3.05, 3.63) is 48.0 Å². The minimum absolute atomic E-state index is 0.317. The normalized spacial score (nSPS) is 11.4. The van der Waals surface area contributed by atoms with Crippen LogP contribution in [0, 0.1) is 0 Å². The molecule has 18 heavy (non-hydrogen) atoms. The second-order valence-corrected chi connectivity index (χ2v) is 4.03. The van der Waals surface area contributed by atoms with E-state index in [4.69, 9.17) is 5.73 Å². The number of amides is 3. The number of nitrogens with two attached hydrogens (primary N) is 1. The molecule has 0 aliphatic carbocycles. The van der Waals surface area contributed by atoms with Gasteiger partial charge in [-0.3, -0.25) is 4.79 Å². The van der Waals surface area contributed by atoms with E-state index in [1.54, 1.807) is 31.2 Å². The molecule has 1 rings (SSSR count). The van der Waals surface area contributed by atoms with Crippen molar-refractivity contribution < 1.29 is 9.59 Å². The molecule has 0 radical (unpaired) electrons. The molecule has 0 saturated heterocycles. The molecular formula is C13H17N3O2. The topological polar surface area (TPSA) is 84.2 Å². The molecule has 1 atom stereocenters. The number of hydrogen-bond acceptors (Lipinski definition) is 2. The third kappa shape index (κ3) is 4.29. The number of benzene rings is 1. The summed E-state index contributed by atoms with van der Waals surface area (Å²) in [4.78, 5) is 22.9. The zero-order valence-corrected chi connectivity index (χ0v) is 10.3. The lowest BCUT2D eigenvalue weighted by Crippen LogP contribution is -2.42. The SMILES string of the molecule is C=C(C)CNC(=O)C(NC(N)=O)c1ccccc1. The van der Waals surface area contributed by atoms with Crippen LogP contribution in [0.3, 0.4) is 0 Å². The molecule has 1 aromatic carbocycles. The number of rotatable bonds is 5. The van der Waals surface area contributed by atoms with Gasteiger partial charge in [-0.25, -0.2) is 4.79 Å². The number of carbonyl (C=O) groups excluding carboxylic acids is 2. The van der Waals surface area contributed by atoms with Crippen molar-refractivity contribution >= 4 is 11.9 Å². The first-order valence-electron chi connectivity index (χ1n) is 5.53. The van der Waals surface area contributed by atoms with E-state index in [2.05, 4.69) is 17.2 Å². The lowest BCUT2D eigenvalue weighted by molar-refractivity contribution is -0.122. The molecule has 96 valence electrons. The highest BCUT2D eigenvalue weighted by Crippen LogP contribution is 2.12. The summed E-state index contributed by atoms with van der Waals surface area (Å²) in [6.07, 6.45) is 0. The predicted molar refractivity (Wildman–Crippen MR) is 69.7 cm³/mol. The molecule has 1 unspecified atom stereocenters. The first-order chi connectivity index (χ1) is 8.50. The van der Waals surface area contributed by atoms with Crippen LogP contribution in [0.2, 0.25) is 0 Å². The number of carbonyl (C=O) groups is 2. The Labute approximate surface area is 106 Å². The van der Waals surface area contributed by atoms with Crippen molar-refractivity contribution in [3.8, 4) is 0 Å². The van der Waals surface area contributed by atoms with Gasteiger partial charge in [0.1, 0.15) is 6.04 Å². The van der Waals surface area contributed by atoms with E-state index in [-0.39, 0.29) is 5.91 Å². The van der Waals surface area contributed by atoms with Crippen LogP contribution in [-0.4, -0.2) is 18.5 Å². The van der Waals surface area contributed by atoms with E-state index in [0.29, 0.717) is 12.1 Å². The largest absolute Gasteiger partial charge is 0.352 e. The molecule has 3 amide bonds. The van der Waals surface area contributed by atoms with Gasteiger partial charge in [0.25, 0.3) is 0 Å². The molecular weight excluding hydrogens is 230 g/mol. The summed E-state index contributed by atoms with van der Waals surface area (Å²) < 4.78 is 0. The van der Waals surface area contributed by atoms with Crippen molar-refractivity contribution in [1.82, 2.24) is 10.6 Å². The van der Waals surface area contributed by atoms with Gasteiger partial charge in [-0.05, 0) is 12.5 Å². The van der Waals surface area contributed by atoms with Gasteiger partial charge in [-0.2, -0.15) is 0 Å².